The van der Waals surface area contributed by atoms with Gasteiger partial charge in [-0.3, -0.25) is 9.89 Å². The highest BCUT2D eigenvalue weighted by molar-refractivity contribution is 6.21. The Hall–Kier alpha value is -4.01. The van der Waals surface area contributed by atoms with Crippen LogP contribution in [0.4, 0.5) is 0 Å². The second-order valence-electron chi connectivity index (χ2n) is 8.85. The van der Waals surface area contributed by atoms with Crippen LogP contribution in [0.15, 0.2) is 81.9 Å². The molecule has 0 atom stereocenters. The van der Waals surface area contributed by atoms with E-state index in [1.165, 1.54) is 21.7 Å². The molecule has 1 fully saturated rings. The Kier molecular flexibility index (Phi) is 5.09. The van der Waals surface area contributed by atoms with E-state index >= 15 is 0 Å². The lowest BCUT2D eigenvalue weighted by molar-refractivity contribution is 0.132. The maximum Gasteiger partial charge on any atom is 0.155 e. The Morgan fingerprint density at radius 3 is 2.76 bits per heavy atom. The fourth-order valence-corrected chi connectivity index (χ4v) is 4.95. The van der Waals surface area contributed by atoms with Crippen LogP contribution in [-0.2, 0) is 6.54 Å². The van der Waals surface area contributed by atoms with Crippen molar-refractivity contribution in [1.29, 1.82) is 0 Å². The Morgan fingerprint density at radius 2 is 1.94 bits per heavy atom. The van der Waals surface area contributed by atoms with Gasteiger partial charge in [-0.2, -0.15) is 5.10 Å². The van der Waals surface area contributed by atoms with Crippen molar-refractivity contribution in [2.45, 2.75) is 6.54 Å². The average Bonchev–Trinajstić information content (AvgIpc) is 3.52. The number of nitrogens with one attached hydrogen (secondary N) is 2. The van der Waals surface area contributed by atoms with Gasteiger partial charge in [0.1, 0.15) is 5.84 Å². The van der Waals surface area contributed by atoms with Crippen LogP contribution in [0.2, 0.25) is 0 Å². The maximum atomic E-state index is 5.51. The number of nitrogens with zero attached hydrogens (tertiary/aromatic N) is 4. The van der Waals surface area contributed by atoms with Gasteiger partial charge in [-0.1, -0.05) is 42.5 Å². The lowest BCUT2D eigenvalue weighted by atomic mass is 9.95. The summed E-state index contributed by atoms with van der Waals surface area (Å²) in [5, 5.41) is 7.33. The zero-order valence-electron chi connectivity index (χ0n) is 18.7. The molecular formula is C26H26N8. The predicted molar refractivity (Wildman–Crippen MR) is 138 cm³/mol. The summed E-state index contributed by atoms with van der Waals surface area (Å²) in [7, 11) is 0. The number of hydrogen-bond acceptors (Lipinski definition) is 6. The van der Waals surface area contributed by atoms with Gasteiger partial charge in [-0.15, -0.1) is 0 Å². The molecule has 2 aliphatic heterocycles. The fraction of sp³-hybridized carbons (Fsp3) is 0.192. The number of aromatic amines is 1. The highest BCUT2D eigenvalue weighted by Crippen LogP contribution is 2.28. The molecule has 8 nitrogen and oxygen atoms in total. The lowest BCUT2D eigenvalue weighted by Crippen LogP contribution is -2.54. The van der Waals surface area contributed by atoms with Crippen LogP contribution in [0.25, 0.3) is 21.7 Å². The molecule has 1 saturated heterocycles. The summed E-state index contributed by atoms with van der Waals surface area (Å²) in [6.45, 7) is 3.21. The van der Waals surface area contributed by atoms with Crippen molar-refractivity contribution in [3.8, 4) is 0 Å². The van der Waals surface area contributed by atoms with Gasteiger partial charge in [0.05, 0.1) is 12.3 Å². The van der Waals surface area contributed by atoms with Crippen molar-refractivity contribution in [3.63, 3.8) is 0 Å². The number of aliphatic imine (C=N–C) groups is 2. The summed E-state index contributed by atoms with van der Waals surface area (Å²) in [6, 6.07) is 21.3. The molecule has 34 heavy (non-hydrogen) atoms. The number of H-pyrrole nitrogens is 1. The summed E-state index contributed by atoms with van der Waals surface area (Å²) >= 11 is 0. The average molecular weight is 451 g/mol. The van der Waals surface area contributed by atoms with Crippen LogP contribution < -0.4 is 17.1 Å². The molecule has 0 spiro atoms. The largest absolute Gasteiger partial charge is 0.361 e. The van der Waals surface area contributed by atoms with Crippen molar-refractivity contribution < 1.29 is 0 Å². The summed E-state index contributed by atoms with van der Waals surface area (Å²) in [5.41, 5.74) is 8.21. The summed E-state index contributed by atoms with van der Waals surface area (Å²) in [4.78, 5) is 15.3. The van der Waals surface area contributed by atoms with E-state index in [0.29, 0.717) is 12.4 Å². The molecule has 8 heteroatoms. The zero-order valence-corrected chi connectivity index (χ0v) is 18.7. The third-order valence-electron chi connectivity index (χ3n) is 6.79. The van der Waals surface area contributed by atoms with Crippen LogP contribution >= 0.6 is 0 Å². The smallest absolute Gasteiger partial charge is 0.155 e. The molecule has 2 aliphatic rings. The van der Waals surface area contributed by atoms with Gasteiger partial charge in [-0.05, 0) is 40.1 Å². The summed E-state index contributed by atoms with van der Waals surface area (Å²) in [5.74, 6) is 12.6. The third kappa shape index (κ3) is 3.53. The molecule has 3 aromatic carbocycles. The van der Waals surface area contributed by atoms with E-state index in [4.69, 9.17) is 21.7 Å². The number of hydrogen-bond donors (Lipinski definition) is 4. The van der Waals surface area contributed by atoms with Gasteiger partial charge in [0.2, 0.25) is 0 Å². The van der Waals surface area contributed by atoms with Gasteiger partial charge in [0.15, 0.2) is 5.84 Å². The van der Waals surface area contributed by atoms with E-state index in [-0.39, 0.29) is 5.92 Å². The first-order valence-electron chi connectivity index (χ1n) is 11.4. The molecule has 0 unspecified atom stereocenters. The number of hydrazine groups is 1. The maximum absolute atomic E-state index is 5.51. The lowest BCUT2D eigenvalue weighted by Gasteiger charge is -2.39. The molecule has 0 saturated carbocycles. The van der Waals surface area contributed by atoms with E-state index in [0.717, 1.165) is 47.8 Å². The Balaban J connectivity index is 1.26. The minimum atomic E-state index is 0.256. The first-order valence-corrected chi connectivity index (χ1v) is 11.4. The molecule has 6 rings (SSSR count). The Morgan fingerprint density at radius 1 is 1.09 bits per heavy atom. The third-order valence-corrected chi connectivity index (χ3v) is 6.79. The first-order chi connectivity index (χ1) is 16.7. The van der Waals surface area contributed by atoms with Gasteiger partial charge in [0.25, 0.3) is 0 Å². The number of aromatic nitrogens is 1. The SMILES string of the molecule is N/N=C(\NN)C1CN(Cc2ccc(C3=NCC(c4ccc5[nH]ccc5c4)=N3)c3ccccc23)C1. The number of hydrazone groups is 1. The minimum Gasteiger partial charge on any atom is -0.361 e. The molecule has 6 N–H and O–H groups in total. The monoisotopic (exact) mass is 450 g/mol. The van der Waals surface area contributed by atoms with Gasteiger partial charge in [0, 0.05) is 48.2 Å². The van der Waals surface area contributed by atoms with Crippen LogP contribution in [0.5, 0.6) is 0 Å². The number of nitrogens with two attached hydrogens (primary N) is 2. The number of rotatable bonds is 5. The number of amidine groups is 2. The van der Waals surface area contributed by atoms with E-state index in [2.05, 4.69) is 81.1 Å². The van der Waals surface area contributed by atoms with Crippen molar-refractivity contribution in [1.82, 2.24) is 15.3 Å². The molecule has 0 amide bonds. The summed E-state index contributed by atoms with van der Waals surface area (Å²) < 4.78 is 0. The zero-order chi connectivity index (χ0) is 23.1. The summed E-state index contributed by atoms with van der Waals surface area (Å²) in [6.07, 6.45) is 1.96. The van der Waals surface area contributed by atoms with E-state index in [9.17, 15) is 0 Å². The van der Waals surface area contributed by atoms with Crippen molar-refractivity contribution in [3.05, 3.63) is 83.6 Å². The predicted octanol–water partition coefficient (Wildman–Crippen LogP) is 2.74. The van der Waals surface area contributed by atoms with Crippen molar-refractivity contribution in [2.24, 2.45) is 32.7 Å². The van der Waals surface area contributed by atoms with Crippen LogP contribution in [0.1, 0.15) is 16.7 Å². The Labute approximate surface area is 197 Å². The molecule has 170 valence electrons. The molecule has 4 aromatic rings. The highest BCUT2D eigenvalue weighted by atomic mass is 15.3. The first kappa shape index (κ1) is 20.6. The highest BCUT2D eigenvalue weighted by Gasteiger charge is 2.31. The second-order valence-corrected chi connectivity index (χ2v) is 8.85. The van der Waals surface area contributed by atoms with Crippen molar-refractivity contribution in [2.75, 3.05) is 19.6 Å². The van der Waals surface area contributed by atoms with E-state index in [1.807, 2.05) is 6.20 Å². The number of benzene rings is 3. The normalized spacial score (nSPS) is 17.1. The van der Waals surface area contributed by atoms with E-state index < -0.39 is 0 Å². The molecule has 0 bridgehead atoms. The van der Waals surface area contributed by atoms with Crippen molar-refractivity contribution >= 4 is 39.1 Å². The fourth-order valence-electron chi connectivity index (χ4n) is 4.95. The van der Waals surface area contributed by atoms with Gasteiger partial charge < -0.3 is 16.3 Å². The van der Waals surface area contributed by atoms with Crippen LogP contribution in [0, 0.1) is 5.92 Å². The standard InChI is InChI=1S/C26H26N8/c27-32-25(33-28)19-14-34(15-19)13-18-5-7-22(21-4-2-1-3-20(18)21)26-30-12-24(31-26)16-6-8-23-17(11-16)9-10-29-23/h1-11,19,29H,12-15,27-28H2,(H,32,33). The number of fused-ring (bicyclic) bond motifs is 2. The molecule has 0 radical (unpaired) electrons. The minimum absolute atomic E-state index is 0.256. The van der Waals surface area contributed by atoms with Gasteiger partial charge in [-0.25, -0.2) is 10.8 Å². The second kappa shape index (κ2) is 8.40. The topological polar surface area (TPSA) is 120 Å². The molecule has 0 aliphatic carbocycles. The Bertz CT molecular complexity index is 1470. The van der Waals surface area contributed by atoms with Crippen LogP contribution in [-0.4, -0.2) is 46.9 Å². The van der Waals surface area contributed by atoms with Crippen LogP contribution in [0.3, 0.4) is 0 Å². The molecule has 3 heterocycles. The van der Waals surface area contributed by atoms with Gasteiger partial charge >= 0.3 is 0 Å². The molecular weight excluding hydrogens is 424 g/mol. The quantitative estimate of drug-likeness (QED) is 0.162. The van der Waals surface area contributed by atoms with E-state index in [1.54, 1.807) is 0 Å². The molecule has 1 aromatic heterocycles. The number of likely N-dealkylation sites (tertiary alicyclic amines) is 1.